The highest BCUT2D eigenvalue weighted by atomic mass is 35.5. The molecule has 1 atom stereocenters. The van der Waals surface area contributed by atoms with Gasteiger partial charge in [-0.15, -0.1) is 0 Å². The minimum atomic E-state index is -0.971. The van der Waals surface area contributed by atoms with E-state index in [0.717, 1.165) is 33.8 Å². The van der Waals surface area contributed by atoms with Gasteiger partial charge in [0.15, 0.2) is 10.8 Å². The van der Waals surface area contributed by atoms with Gasteiger partial charge in [0, 0.05) is 28.6 Å². The lowest BCUT2D eigenvalue weighted by Crippen LogP contribution is -2.54. The number of thioether (sulfide) groups is 1. The van der Waals surface area contributed by atoms with Crippen LogP contribution in [0.5, 0.6) is 0 Å². The van der Waals surface area contributed by atoms with Crippen LogP contribution in [-0.2, 0) is 9.79 Å². The van der Waals surface area contributed by atoms with E-state index in [0.29, 0.717) is 10.1 Å². The average molecular weight is 523 g/mol. The van der Waals surface area contributed by atoms with E-state index in [-0.39, 0.29) is 5.78 Å². The molecular formula is C30H23ClN4OS. The van der Waals surface area contributed by atoms with Crippen molar-refractivity contribution in [2.75, 3.05) is 10.0 Å². The Kier molecular flexibility index (Phi) is 5.86. The fourth-order valence-corrected chi connectivity index (χ4v) is 6.07. The second-order valence-electron chi connectivity index (χ2n) is 8.97. The number of aryl methyl sites for hydroxylation is 1. The molecule has 182 valence electrons. The van der Waals surface area contributed by atoms with Crippen LogP contribution in [-0.4, -0.2) is 16.5 Å². The summed E-state index contributed by atoms with van der Waals surface area (Å²) < 4.78 is 0. The molecule has 2 aliphatic rings. The average Bonchev–Trinajstić information content (AvgIpc) is 3.32. The van der Waals surface area contributed by atoms with E-state index in [2.05, 4.69) is 43.3 Å². The summed E-state index contributed by atoms with van der Waals surface area (Å²) in [4.78, 5) is 11.8. The molecule has 0 bridgehead atoms. The van der Waals surface area contributed by atoms with E-state index < -0.39 is 4.99 Å². The third-order valence-corrected chi connectivity index (χ3v) is 8.10. The van der Waals surface area contributed by atoms with Crippen molar-refractivity contribution in [2.45, 2.75) is 18.8 Å². The van der Waals surface area contributed by atoms with Crippen LogP contribution in [0.2, 0.25) is 5.02 Å². The molecule has 2 aliphatic heterocycles. The van der Waals surface area contributed by atoms with Crippen molar-refractivity contribution in [1.29, 1.82) is 0 Å². The highest BCUT2D eigenvalue weighted by Gasteiger charge is 2.55. The minimum Gasteiger partial charge on any atom is -0.292 e. The maximum Gasteiger partial charge on any atom is 0.234 e. The molecule has 0 radical (unpaired) electrons. The van der Waals surface area contributed by atoms with Crippen LogP contribution in [0.15, 0.2) is 113 Å². The molecule has 0 aromatic heterocycles. The van der Waals surface area contributed by atoms with Gasteiger partial charge in [-0.25, -0.2) is 10.0 Å². The van der Waals surface area contributed by atoms with Crippen LogP contribution in [0.4, 0.5) is 11.4 Å². The number of nitrogens with zero attached hydrogens (tertiary/aromatic N) is 4. The first-order valence-corrected chi connectivity index (χ1v) is 13.1. The molecule has 0 unspecified atom stereocenters. The van der Waals surface area contributed by atoms with Crippen molar-refractivity contribution in [1.82, 2.24) is 0 Å². The van der Waals surface area contributed by atoms with E-state index >= 15 is 0 Å². The van der Waals surface area contributed by atoms with Gasteiger partial charge in [-0.3, -0.25) is 4.79 Å². The first-order chi connectivity index (χ1) is 18.0. The summed E-state index contributed by atoms with van der Waals surface area (Å²) in [5.74, 6) is -0.0976. The van der Waals surface area contributed by atoms with Crippen LogP contribution in [0.3, 0.4) is 0 Å². The molecule has 7 heteroatoms. The van der Waals surface area contributed by atoms with Crippen LogP contribution in [0, 0.1) is 6.92 Å². The molecule has 6 rings (SSSR count). The summed E-state index contributed by atoms with van der Waals surface area (Å²) in [6, 6.07) is 34.1. The zero-order chi connectivity index (χ0) is 25.6. The Morgan fingerprint density at radius 3 is 2.11 bits per heavy atom. The number of hydrogen-bond donors (Lipinski definition) is 0. The van der Waals surface area contributed by atoms with Crippen molar-refractivity contribution in [2.24, 2.45) is 10.2 Å². The summed E-state index contributed by atoms with van der Waals surface area (Å²) >= 11 is 7.64. The molecule has 0 aliphatic carbocycles. The number of halogens is 1. The summed E-state index contributed by atoms with van der Waals surface area (Å²) in [6.07, 6.45) is 0. The molecule has 4 aromatic rings. The lowest BCUT2D eigenvalue weighted by Gasteiger charge is -2.47. The van der Waals surface area contributed by atoms with Gasteiger partial charge in [-0.05, 0) is 55.1 Å². The Labute approximate surface area is 225 Å². The number of carbonyl (C=O) groups excluding carboxylic acids is 1. The fraction of sp³-hybridized carbons (Fsp3) is 0.100. The lowest BCUT2D eigenvalue weighted by molar-refractivity contribution is -0.110. The number of anilines is 2. The molecule has 2 heterocycles. The Bertz CT molecular complexity index is 1550. The van der Waals surface area contributed by atoms with Crippen LogP contribution < -0.4 is 10.0 Å². The van der Waals surface area contributed by atoms with Gasteiger partial charge in [0.2, 0.25) is 4.99 Å². The lowest BCUT2D eigenvalue weighted by atomic mass is 9.93. The smallest absolute Gasteiger partial charge is 0.234 e. The SMILES string of the molecule is CC(=O)C1=NN(c2ccc(Cl)cc2)[C@@]2(S1)c1ccccc1C(c1ccc(C)cc1)=NN2c1ccccc1. The van der Waals surface area contributed by atoms with Gasteiger partial charge in [0.05, 0.1) is 17.1 Å². The van der Waals surface area contributed by atoms with E-state index in [1.54, 1.807) is 6.92 Å². The number of hydrogen-bond acceptors (Lipinski definition) is 6. The molecule has 0 saturated heterocycles. The van der Waals surface area contributed by atoms with Gasteiger partial charge in [-0.1, -0.05) is 83.9 Å². The molecule has 37 heavy (non-hydrogen) atoms. The monoisotopic (exact) mass is 522 g/mol. The van der Waals surface area contributed by atoms with E-state index in [1.165, 1.54) is 17.3 Å². The first kappa shape index (κ1) is 23.5. The maximum absolute atomic E-state index is 12.7. The Hall–Kier alpha value is -3.87. The maximum atomic E-state index is 12.7. The zero-order valence-electron chi connectivity index (χ0n) is 20.3. The molecule has 1 spiro atoms. The largest absolute Gasteiger partial charge is 0.292 e. The van der Waals surface area contributed by atoms with Crippen LogP contribution >= 0.6 is 23.4 Å². The molecular weight excluding hydrogens is 500 g/mol. The number of rotatable bonds is 4. The number of carbonyl (C=O) groups is 1. The predicted molar refractivity (Wildman–Crippen MR) is 153 cm³/mol. The van der Waals surface area contributed by atoms with Crippen LogP contribution in [0.25, 0.3) is 0 Å². The van der Waals surface area contributed by atoms with Gasteiger partial charge < -0.3 is 0 Å². The Balaban J connectivity index is 1.66. The second kappa shape index (κ2) is 9.21. The quantitative estimate of drug-likeness (QED) is 0.284. The number of Topliss-reactive ketones (excluding diaryl/α,β-unsaturated/α-hetero) is 1. The number of hydrazone groups is 2. The fourth-order valence-electron chi connectivity index (χ4n) is 4.65. The van der Waals surface area contributed by atoms with Crippen molar-refractivity contribution >= 4 is 51.3 Å². The summed E-state index contributed by atoms with van der Waals surface area (Å²) in [5, 5.41) is 15.1. The zero-order valence-corrected chi connectivity index (χ0v) is 21.9. The first-order valence-electron chi connectivity index (χ1n) is 11.9. The highest BCUT2D eigenvalue weighted by Crippen LogP contribution is 2.55. The van der Waals surface area contributed by atoms with Gasteiger partial charge in [-0.2, -0.15) is 10.2 Å². The topological polar surface area (TPSA) is 48.3 Å². The van der Waals surface area contributed by atoms with Crippen molar-refractivity contribution in [3.63, 3.8) is 0 Å². The van der Waals surface area contributed by atoms with Crippen molar-refractivity contribution in [3.05, 3.63) is 130 Å². The Morgan fingerprint density at radius 2 is 1.41 bits per heavy atom. The summed E-state index contributed by atoms with van der Waals surface area (Å²) in [7, 11) is 0. The van der Waals surface area contributed by atoms with Gasteiger partial charge in [0.25, 0.3) is 0 Å². The van der Waals surface area contributed by atoms with E-state index in [9.17, 15) is 4.79 Å². The third kappa shape index (κ3) is 3.93. The number of para-hydroxylation sites is 1. The molecule has 4 aromatic carbocycles. The number of fused-ring (bicyclic) bond motifs is 2. The molecule has 5 nitrogen and oxygen atoms in total. The third-order valence-electron chi connectivity index (χ3n) is 6.44. The Morgan fingerprint density at radius 1 is 0.784 bits per heavy atom. The van der Waals surface area contributed by atoms with E-state index in [1.807, 2.05) is 76.7 Å². The van der Waals surface area contributed by atoms with Crippen molar-refractivity contribution < 1.29 is 4.79 Å². The number of benzene rings is 4. The molecule has 0 fully saturated rings. The minimum absolute atomic E-state index is 0.0976. The second-order valence-corrected chi connectivity index (χ2v) is 10.6. The summed E-state index contributed by atoms with van der Waals surface area (Å²) in [5.41, 5.74) is 6.73. The van der Waals surface area contributed by atoms with Gasteiger partial charge >= 0.3 is 0 Å². The molecule has 0 saturated carbocycles. The predicted octanol–water partition coefficient (Wildman–Crippen LogP) is 7.19. The standard InChI is InChI=1S/C30H23ClN4OS/c1-20-12-14-22(15-13-20)28-26-10-6-7-11-27(26)30(34(32-28)24-8-4-3-5-9-24)35(33-29(37-30)21(2)36)25-18-16-23(31)17-19-25/h3-19H,1-2H3/t30-/m1/s1. The van der Waals surface area contributed by atoms with Gasteiger partial charge in [0.1, 0.15) is 0 Å². The molecule has 0 amide bonds. The normalized spacial score (nSPS) is 18.5. The van der Waals surface area contributed by atoms with Crippen molar-refractivity contribution in [3.8, 4) is 0 Å². The van der Waals surface area contributed by atoms with Crippen LogP contribution in [0.1, 0.15) is 29.2 Å². The summed E-state index contributed by atoms with van der Waals surface area (Å²) in [6.45, 7) is 3.62. The molecule has 0 N–H and O–H groups in total. The highest BCUT2D eigenvalue weighted by molar-refractivity contribution is 8.17. The van der Waals surface area contributed by atoms with E-state index in [4.69, 9.17) is 21.8 Å². The number of ketones is 1.